The number of hydrogen-bond acceptors (Lipinski definition) is 0. The van der Waals surface area contributed by atoms with Crippen molar-refractivity contribution < 1.29 is 0 Å². The first-order valence-electron chi connectivity index (χ1n) is 8.53. The SMILES string of the molecule is C=C(CCCCCC)c1cccc(CCCC)c1CC. The van der Waals surface area contributed by atoms with Gasteiger partial charge in [0.2, 0.25) is 0 Å². The minimum Gasteiger partial charge on any atom is -0.0952 e. The van der Waals surface area contributed by atoms with E-state index in [2.05, 4.69) is 45.5 Å². The van der Waals surface area contributed by atoms with Crippen LogP contribution in [0.5, 0.6) is 0 Å². The van der Waals surface area contributed by atoms with Gasteiger partial charge in [-0.05, 0) is 54.4 Å². The quantitative estimate of drug-likeness (QED) is 0.422. The third-order valence-corrected chi connectivity index (χ3v) is 4.14. The molecule has 0 unspecified atom stereocenters. The van der Waals surface area contributed by atoms with Crippen molar-refractivity contribution in [1.82, 2.24) is 0 Å². The van der Waals surface area contributed by atoms with Crippen LogP contribution in [0.2, 0.25) is 0 Å². The maximum absolute atomic E-state index is 4.35. The van der Waals surface area contributed by atoms with Crippen LogP contribution in [0.4, 0.5) is 0 Å². The zero-order valence-corrected chi connectivity index (χ0v) is 13.8. The highest BCUT2D eigenvalue weighted by atomic mass is 14.1. The van der Waals surface area contributed by atoms with E-state index in [0.717, 1.165) is 12.8 Å². The number of benzene rings is 1. The summed E-state index contributed by atoms with van der Waals surface area (Å²) in [7, 11) is 0. The van der Waals surface area contributed by atoms with E-state index in [0.29, 0.717) is 0 Å². The summed E-state index contributed by atoms with van der Waals surface area (Å²) >= 11 is 0. The molecule has 0 aliphatic carbocycles. The summed E-state index contributed by atoms with van der Waals surface area (Å²) in [5.41, 5.74) is 5.86. The van der Waals surface area contributed by atoms with Gasteiger partial charge in [-0.2, -0.15) is 0 Å². The predicted octanol–water partition coefficient (Wildman–Crippen LogP) is 6.58. The van der Waals surface area contributed by atoms with Gasteiger partial charge in [-0.15, -0.1) is 0 Å². The standard InChI is InChI=1S/C20H32/c1-5-8-10-11-13-17(4)20-16-12-15-18(14-9-6-2)19(20)7-3/h12,15-16H,4-11,13-14H2,1-3H3. The Hall–Kier alpha value is -1.04. The van der Waals surface area contributed by atoms with Gasteiger partial charge in [0.15, 0.2) is 0 Å². The van der Waals surface area contributed by atoms with Gasteiger partial charge in [0.1, 0.15) is 0 Å². The van der Waals surface area contributed by atoms with Crippen LogP contribution in [0.15, 0.2) is 24.8 Å². The number of hydrogen-bond donors (Lipinski definition) is 0. The lowest BCUT2D eigenvalue weighted by molar-refractivity contribution is 0.678. The van der Waals surface area contributed by atoms with E-state index in [1.165, 1.54) is 56.1 Å². The van der Waals surface area contributed by atoms with Gasteiger partial charge in [-0.3, -0.25) is 0 Å². The summed E-state index contributed by atoms with van der Waals surface area (Å²) in [5.74, 6) is 0. The molecule has 112 valence electrons. The molecule has 0 spiro atoms. The molecule has 0 heterocycles. The van der Waals surface area contributed by atoms with Gasteiger partial charge in [-0.1, -0.05) is 71.2 Å². The van der Waals surface area contributed by atoms with E-state index in [-0.39, 0.29) is 0 Å². The normalized spacial score (nSPS) is 10.8. The fourth-order valence-electron chi connectivity index (χ4n) is 2.88. The van der Waals surface area contributed by atoms with Crippen LogP contribution in [-0.4, -0.2) is 0 Å². The highest BCUT2D eigenvalue weighted by Gasteiger charge is 2.09. The third-order valence-electron chi connectivity index (χ3n) is 4.14. The molecule has 0 nitrogen and oxygen atoms in total. The number of rotatable bonds is 10. The monoisotopic (exact) mass is 272 g/mol. The van der Waals surface area contributed by atoms with Crippen molar-refractivity contribution in [3.05, 3.63) is 41.5 Å². The molecular formula is C20H32. The molecular weight excluding hydrogens is 240 g/mol. The fourth-order valence-corrected chi connectivity index (χ4v) is 2.88. The number of allylic oxidation sites excluding steroid dienone is 1. The first kappa shape index (κ1) is 17.0. The second kappa shape index (κ2) is 9.80. The highest BCUT2D eigenvalue weighted by molar-refractivity contribution is 5.67. The van der Waals surface area contributed by atoms with Gasteiger partial charge < -0.3 is 0 Å². The summed E-state index contributed by atoms with van der Waals surface area (Å²) in [5, 5.41) is 0. The molecule has 0 N–H and O–H groups in total. The molecule has 0 bridgehead atoms. The van der Waals surface area contributed by atoms with Gasteiger partial charge in [0, 0.05) is 0 Å². The van der Waals surface area contributed by atoms with Crippen LogP contribution >= 0.6 is 0 Å². The molecule has 1 aromatic rings. The summed E-state index contributed by atoms with van der Waals surface area (Å²) in [6.07, 6.45) is 11.3. The van der Waals surface area contributed by atoms with Crippen LogP contribution in [0.3, 0.4) is 0 Å². The van der Waals surface area contributed by atoms with Crippen LogP contribution in [0.25, 0.3) is 5.57 Å². The van der Waals surface area contributed by atoms with E-state index in [4.69, 9.17) is 0 Å². The predicted molar refractivity (Wildman–Crippen MR) is 92.2 cm³/mol. The molecule has 1 rings (SSSR count). The van der Waals surface area contributed by atoms with Crippen LogP contribution in [0, 0.1) is 0 Å². The molecule has 0 aromatic heterocycles. The first-order chi connectivity index (χ1) is 9.74. The lowest BCUT2D eigenvalue weighted by atomic mass is 9.90. The molecule has 1 aromatic carbocycles. The van der Waals surface area contributed by atoms with E-state index in [1.807, 2.05) is 0 Å². The second-order valence-corrected chi connectivity index (χ2v) is 5.81. The van der Waals surface area contributed by atoms with E-state index < -0.39 is 0 Å². The molecule has 0 radical (unpaired) electrons. The van der Waals surface area contributed by atoms with Gasteiger partial charge >= 0.3 is 0 Å². The molecule has 0 atom stereocenters. The molecule has 0 amide bonds. The number of aryl methyl sites for hydroxylation is 1. The number of unbranched alkanes of at least 4 members (excludes halogenated alkanes) is 4. The Balaban J connectivity index is 2.74. The summed E-state index contributed by atoms with van der Waals surface area (Å²) < 4.78 is 0. The summed E-state index contributed by atoms with van der Waals surface area (Å²) in [4.78, 5) is 0. The molecule has 0 aliphatic rings. The summed E-state index contributed by atoms with van der Waals surface area (Å²) in [6.45, 7) is 11.2. The summed E-state index contributed by atoms with van der Waals surface area (Å²) in [6, 6.07) is 6.80. The van der Waals surface area contributed by atoms with Crippen molar-refractivity contribution in [2.24, 2.45) is 0 Å². The average Bonchev–Trinajstić information content (AvgIpc) is 2.48. The van der Waals surface area contributed by atoms with E-state index in [9.17, 15) is 0 Å². The second-order valence-electron chi connectivity index (χ2n) is 5.81. The van der Waals surface area contributed by atoms with Gasteiger partial charge in [-0.25, -0.2) is 0 Å². The van der Waals surface area contributed by atoms with Crippen molar-refractivity contribution in [3.8, 4) is 0 Å². The highest BCUT2D eigenvalue weighted by Crippen LogP contribution is 2.27. The minimum atomic E-state index is 1.13. The molecule has 0 fully saturated rings. The maximum atomic E-state index is 4.35. The lowest BCUT2D eigenvalue weighted by Gasteiger charge is -2.15. The molecule has 0 saturated heterocycles. The largest absolute Gasteiger partial charge is 0.0952 e. The maximum Gasteiger partial charge on any atom is -0.0196 e. The van der Waals surface area contributed by atoms with Crippen molar-refractivity contribution >= 4 is 5.57 Å². The van der Waals surface area contributed by atoms with Gasteiger partial charge in [0.05, 0.1) is 0 Å². The Morgan fingerprint density at radius 1 is 0.950 bits per heavy atom. The topological polar surface area (TPSA) is 0 Å². The van der Waals surface area contributed by atoms with Crippen molar-refractivity contribution in [3.63, 3.8) is 0 Å². The van der Waals surface area contributed by atoms with Crippen molar-refractivity contribution in [2.45, 2.75) is 78.6 Å². The van der Waals surface area contributed by atoms with E-state index in [1.54, 1.807) is 11.1 Å². The third kappa shape index (κ3) is 5.15. The van der Waals surface area contributed by atoms with E-state index >= 15 is 0 Å². The Bertz CT molecular complexity index is 400. The molecule has 20 heavy (non-hydrogen) atoms. The minimum absolute atomic E-state index is 1.13. The fraction of sp³-hybridized carbons (Fsp3) is 0.600. The zero-order chi connectivity index (χ0) is 14.8. The van der Waals surface area contributed by atoms with Gasteiger partial charge in [0.25, 0.3) is 0 Å². The Morgan fingerprint density at radius 2 is 1.70 bits per heavy atom. The Labute approximate surface area is 126 Å². The average molecular weight is 272 g/mol. The molecule has 0 saturated carbocycles. The van der Waals surface area contributed by atoms with Crippen molar-refractivity contribution in [1.29, 1.82) is 0 Å². The van der Waals surface area contributed by atoms with Crippen molar-refractivity contribution in [2.75, 3.05) is 0 Å². The lowest BCUT2D eigenvalue weighted by Crippen LogP contribution is -1.99. The Kier molecular flexibility index (Phi) is 8.34. The first-order valence-corrected chi connectivity index (χ1v) is 8.53. The smallest absolute Gasteiger partial charge is 0.0196 e. The Morgan fingerprint density at radius 3 is 2.35 bits per heavy atom. The molecule has 0 aliphatic heterocycles. The molecule has 0 heteroatoms. The van der Waals surface area contributed by atoms with Crippen LogP contribution in [0.1, 0.15) is 82.4 Å². The van der Waals surface area contributed by atoms with Crippen LogP contribution in [-0.2, 0) is 12.8 Å². The van der Waals surface area contributed by atoms with Crippen LogP contribution < -0.4 is 0 Å². The zero-order valence-electron chi connectivity index (χ0n) is 13.8.